The second-order valence-corrected chi connectivity index (χ2v) is 8.10. The molecule has 0 atom stereocenters. The zero-order valence-electron chi connectivity index (χ0n) is 17.4. The van der Waals surface area contributed by atoms with Crippen molar-refractivity contribution in [3.8, 4) is 0 Å². The van der Waals surface area contributed by atoms with Crippen LogP contribution in [0.2, 0.25) is 0 Å². The van der Waals surface area contributed by atoms with Crippen LogP contribution in [-0.2, 0) is 4.79 Å². The Balaban J connectivity index is 1.63. The van der Waals surface area contributed by atoms with Crippen LogP contribution in [-0.4, -0.2) is 59.1 Å². The summed E-state index contributed by atoms with van der Waals surface area (Å²) in [5, 5.41) is 3.00. The lowest BCUT2D eigenvalue weighted by Gasteiger charge is -2.33. The summed E-state index contributed by atoms with van der Waals surface area (Å²) < 4.78 is 0. The fourth-order valence-corrected chi connectivity index (χ4v) is 3.83. The van der Waals surface area contributed by atoms with Gasteiger partial charge in [-0.3, -0.25) is 24.1 Å². The van der Waals surface area contributed by atoms with Crippen LogP contribution in [0.4, 0.5) is 0 Å². The predicted molar refractivity (Wildman–Crippen MR) is 109 cm³/mol. The molecule has 0 spiro atoms. The largest absolute Gasteiger partial charge is 0.349 e. The number of amides is 4. The molecule has 2 heterocycles. The van der Waals surface area contributed by atoms with E-state index < -0.39 is 0 Å². The molecule has 2 aliphatic rings. The number of benzene rings is 1. The summed E-state index contributed by atoms with van der Waals surface area (Å²) in [5.41, 5.74) is 1.04. The SMILES string of the molecule is CCCCN1C(=O)c2ccc(C(=O)NC3CCN(C(=O)C(C)C)CC3)cc2C1=O. The lowest BCUT2D eigenvalue weighted by atomic mass is 10.0. The van der Waals surface area contributed by atoms with Gasteiger partial charge in [0.15, 0.2) is 0 Å². The number of carbonyl (C=O) groups is 4. The van der Waals surface area contributed by atoms with Gasteiger partial charge in [-0.15, -0.1) is 0 Å². The lowest BCUT2D eigenvalue weighted by molar-refractivity contribution is -0.135. The number of hydrogen-bond donors (Lipinski definition) is 1. The van der Waals surface area contributed by atoms with Crippen molar-refractivity contribution < 1.29 is 19.2 Å². The van der Waals surface area contributed by atoms with Gasteiger partial charge in [-0.2, -0.15) is 0 Å². The Hall–Kier alpha value is -2.70. The molecule has 7 nitrogen and oxygen atoms in total. The van der Waals surface area contributed by atoms with E-state index in [0.717, 1.165) is 12.8 Å². The molecular weight excluding hydrogens is 370 g/mol. The third kappa shape index (κ3) is 4.33. The summed E-state index contributed by atoms with van der Waals surface area (Å²) in [6.07, 6.45) is 3.06. The maximum atomic E-state index is 12.7. The van der Waals surface area contributed by atoms with Crippen LogP contribution in [0.1, 0.15) is 77.5 Å². The standard InChI is InChI=1S/C22H29N3O4/c1-4-5-10-25-21(28)17-7-6-15(13-18(17)22(25)29)19(26)23-16-8-11-24(12-9-16)20(27)14(2)3/h6-7,13-14,16H,4-5,8-12H2,1-3H3,(H,23,26). The Labute approximate surface area is 171 Å². The van der Waals surface area contributed by atoms with Gasteiger partial charge in [0.2, 0.25) is 5.91 Å². The molecule has 4 amide bonds. The van der Waals surface area contributed by atoms with E-state index in [1.807, 2.05) is 25.7 Å². The molecule has 0 unspecified atom stereocenters. The minimum absolute atomic E-state index is 0.00893. The zero-order valence-corrected chi connectivity index (χ0v) is 17.4. The maximum Gasteiger partial charge on any atom is 0.261 e. The molecule has 1 aromatic rings. The van der Waals surface area contributed by atoms with Crippen LogP contribution in [0, 0.1) is 5.92 Å². The quantitative estimate of drug-likeness (QED) is 0.745. The van der Waals surface area contributed by atoms with Gasteiger partial charge in [-0.05, 0) is 37.5 Å². The molecule has 1 fully saturated rings. The second-order valence-electron chi connectivity index (χ2n) is 8.10. The van der Waals surface area contributed by atoms with Crippen molar-refractivity contribution in [3.05, 3.63) is 34.9 Å². The first-order chi connectivity index (χ1) is 13.8. The van der Waals surface area contributed by atoms with E-state index in [0.29, 0.717) is 49.2 Å². The zero-order chi connectivity index (χ0) is 21.1. The van der Waals surface area contributed by atoms with Crippen molar-refractivity contribution in [2.24, 2.45) is 5.92 Å². The van der Waals surface area contributed by atoms with Crippen molar-refractivity contribution >= 4 is 23.6 Å². The van der Waals surface area contributed by atoms with Gasteiger partial charge in [0, 0.05) is 37.2 Å². The smallest absolute Gasteiger partial charge is 0.261 e. The maximum absolute atomic E-state index is 12.7. The van der Waals surface area contributed by atoms with Crippen molar-refractivity contribution in [2.45, 2.75) is 52.5 Å². The summed E-state index contributed by atoms with van der Waals surface area (Å²) in [6.45, 7) is 7.44. The summed E-state index contributed by atoms with van der Waals surface area (Å²) in [6, 6.07) is 4.68. The Bertz CT molecular complexity index is 825. The molecule has 0 saturated carbocycles. The van der Waals surface area contributed by atoms with Crippen LogP contribution in [0.25, 0.3) is 0 Å². The molecule has 7 heteroatoms. The molecule has 0 bridgehead atoms. The van der Waals surface area contributed by atoms with Crippen molar-refractivity contribution in [1.82, 2.24) is 15.1 Å². The van der Waals surface area contributed by atoms with E-state index >= 15 is 0 Å². The van der Waals surface area contributed by atoms with E-state index in [1.54, 1.807) is 12.1 Å². The number of piperidine rings is 1. The van der Waals surface area contributed by atoms with Gasteiger partial charge in [-0.1, -0.05) is 27.2 Å². The molecule has 1 N–H and O–H groups in total. The van der Waals surface area contributed by atoms with Crippen LogP contribution in [0.5, 0.6) is 0 Å². The average Bonchev–Trinajstić information content (AvgIpc) is 2.96. The van der Waals surface area contributed by atoms with Crippen molar-refractivity contribution in [2.75, 3.05) is 19.6 Å². The first-order valence-corrected chi connectivity index (χ1v) is 10.4. The van der Waals surface area contributed by atoms with Crippen LogP contribution < -0.4 is 5.32 Å². The molecule has 1 saturated heterocycles. The topological polar surface area (TPSA) is 86.8 Å². The van der Waals surface area contributed by atoms with Gasteiger partial charge < -0.3 is 10.2 Å². The molecule has 29 heavy (non-hydrogen) atoms. The molecule has 0 radical (unpaired) electrons. The van der Waals surface area contributed by atoms with E-state index in [4.69, 9.17) is 0 Å². The molecule has 2 aliphatic heterocycles. The summed E-state index contributed by atoms with van der Waals surface area (Å²) >= 11 is 0. The van der Waals surface area contributed by atoms with E-state index in [9.17, 15) is 19.2 Å². The minimum Gasteiger partial charge on any atom is -0.349 e. The monoisotopic (exact) mass is 399 g/mol. The minimum atomic E-state index is -0.325. The number of fused-ring (bicyclic) bond motifs is 1. The third-order valence-corrected chi connectivity index (χ3v) is 5.60. The fourth-order valence-electron chi connectivity index (χ4n) is 3.83. The number of nitrogens with one attached hydrogen (secondary N) is 1. The highest BCUT2D eigenvalue weighted by Gasteiger charge is 2.35. The summed E-state index contributed by atoms with van der Waals surface area (Å²) in [4.78, 5) is 52.9. The van der Waals surface area contributed by atoms with Gasteiger partial charge in [0.05, 0.1) is 11.1 Å². The normalized spacial score (nSPS) is 17.1. The lowest BCUT2D eigenvalue weighted by Crippen LogP contribution is -2.47. The Morgan fingerprint density at radius 1 is 1.10 bits per heavy atom. The van der Waals surface area contributed by atoms with E-state index in [1.165, 1.54) is 11.0 Å². The first-order valence-electron chi connectivity index (χ1n) is 10.4. The number of imide groups is 1. The molecule has 156 valence electrons. The number of hydrogen-bond acceptors (Lipinski definition) is 4. The van der Waals surface area contributed by atoms with Gasteiger partial charge in [0.1, 0.15) is 0 Å². The number of rotatable bonds is 6. The fraction of sp³-hybridized carbons (Fsp3) is 0.545. The molecule has 1 aromatic carbocycles. The number of unbranched alkanes of at least 4 members (excludes halogenated alkanes) is 1. The highest BCUT2D eigenvalue weighted by molar-refractivity contribution is 6.22. The number of nitrogens with zero attached hydrogens (tertiary/aromatic N) is 2. The molecule has 3 rings (SSSR count). The number of likely N-dealkylation sites (tertiary alicyclic amines) is 1. The van der Waals surface area contributed by atoms with E-state index in [-0.39, 0.29) is 35.6 Å². The first kappa shape index (κ1) is 21.0. The second kappa shape index (κ2) is 8.76. The van der Waals surface area contributed by atoms with Gasteiger partial charge in [-0.25, -0.2) is 0 Å². The predicted octanol–water partition coefficient (Wildman–Crippen LogP) is 2.46. The van der Waals surface area contributed by atoms with Crippen LogP contribution >= 0.6 is 0 Å². The van der Waals surface area contributed by atoms with Gasteiger partial charge in [0.25, 0.3) is 17.7 Å². The Morgan fingerprint density at radius 3 is 2.38 bits per heavy atom. The molecule has 0 aromatic heterocycles. The Kier molecular flexibility index (Phi) is 6.35. The van der Waals surface area contributed by atoms with E-state index in [2.05, 4.69) is 5.32 Å². The van der Waals surface area contributed by atoms with Crippen molar-refractivity contribution in [1.29, 1.82) is 0 Å². The highest BCUT2D eigenvalue weighted by Crippen LogP contribution is 2.24. The highest BCUT2D eigenvalue weighted by atomic mass is 16.2. The molecule has 0 aliphatic carbocycles. The summed E-state index contributed by atoms with van der Waals surface area (Å²) in [5.74, 6) is -0.746. The van der Waals surface area contributed by atoms with Crippen LogP contribution in [0.3, 0.4) is 0 Å². The van der Waals surface area contributed by atoms with Crippen LogP contribution in [0.15, 0.2) is 18.2 Å². The van der Waals surface area contributed by atoms with Gasteiger partial charge >= 0.3 is 0 Å². The summed E-state index contributed by atoms with van der Waals surface area (Å²) in [7, 11) is 0. The Morgan fingerprint density at radius 2 is 1.76 bits per heavy atom. The average molecular weight is 399 g/mol. The van der Waals surface area contributed by atoms with Crippen molar-refractivity contribution in [3.63, 3.8) is 0 Å². The number of carbonyl (C=O) groups excluding carboxylic acids is 4. The molecular formula is C22H29N3O4. The third-order valence-electron chi connectivity index (χ3n) is 5.60.